The van der Waals surface area contributed by atoms with Crippen molar-refractivity contribution >= 4 is 0 Å². The van der Waals surface area contributed by atoms with Gasteiger partial charge in [-0.15, -0.1) is 0 Å². The van der Waals surface area contributed by atoms with E-state index in [2.05, 4.69) is 0 Å². The van der Waals surface area contributed by atoms with Crippen LogP contribution in [0.3, 0.4) is 0 Å². The molecule has 2 fully saturated rings. The Kier molecular flexibility index (Phi) is 3.45. The van der Waals surface area contributed by atoms with E-state index in [9.17, 15) is 10.2 Å². The predicted octanol–water partition coefficient (Wildman–Crippen LogP) is 2.29. The molecule has 2 saturated carbocycles. The van der Waals surface area contributed by atoms with Crippen molar-refractivity contribution in [3.05, 3.63) is 0 Å². The van der Waals surface area contributed by atoms with Crippen LogP contribution in [-0.4, -0.2) is 16.5 Å². The van der Waals surface area contributed by atoms with Crippen molar-refractivity contribution in [2.24, 2.45) is 17.8 Å². The Morgan fingerprint density at radius 2 is 1.07 bits per heavy atom. The highest BCUT2D eigenvalue weighted by atomic mass is 16.5. The van der Waals surface area contributed by atoms with Crippen LogP contribution in [0.2, 0.25) is 0 Å². The van der Waals surface area contributed by atoms with Crippen LogP contribution in [0.15, 0.2) is 0 Å². The van der Waals surface area contributed by atoms with Gasteiger partial charge in [0.2, 0.25) is 0 Å². The van der Waals surface area contributed by atoms with Gasteiger partial charge in [-0.2, -0.15) is 0 Å². The fourth-order valence-corrected chi connectivity index (χ4v) is 3.56. The van der Waals surface area contributed by atoms with Crippen molar-refractivity contribution in [1.29, 1.82) is 0 Å². The summed E-state index contributed by atoms with van der Waals surface area (Å²) in [5, 5.41) is 19.0. The van der Waals surface area contributed by atoms with Crippen molar-refractivity contribution in [1.82, 2.24) is 0 Å². The minimum absolute atomic E-state index is 0.181. The van der Waals surface area contributed by atoms with Gasteiger partial charge in [-0.25, -0.2) is 0 Å². The lowest BCUT2D eigenvalue weighted by molar-refractivity contribution is -0.117. The fourth-order valence-electron chi connectivity index (χ4n) is 3.56. The lowest BCUT2D eigenvalue weighted by Crippen LogP contribution is -2.32. The van der Waals surface area contributed by atoms with Crippen molar-refractivity contribution in [2.45, 2.75) is 57.7 Å². The molecule has 0 aromatic heterocycles. The Bertz CT molecular complexity index is 151. The highest BCUT2D eigenvalue weighted by Crippen LogP contribution is 2.42. The number of rotatable bonds is 3. The van der Waals surface area contributed by atoms with Gasteiger partial charge in [0.05, 0.1) is 0 Å². The van der Waals surface area contributed by atoms with E-state index in [1.807, 2.05) is 0 Å². The quantitative estimate of drug-likeness (QED) is 0.683. The Morgan fingerprint density at radius 3 is 1.36 bits per heavy atom. The third kappa shape index (κ3) is 2.12. The van der Waals surface area contributed by atoms with Crippen LogP contribution in [-0.2, 0) is 0 Å². The highest BCUT2D eigenvalue weighted by Gasteiger charge is 2.36. The van der Waals surface area contributed by atoms with Crippen LogP contribution in [0, 0.1) is 17.8 Å². The second kappa shape index (κ2) is 4.63. The summed E-state index contributed by atoms with van der Waals surface area (Å²) in [4.78, 5) is 0. The Balaban J connectivity index is 1.98. The van der Waals surface area contributed by atoms with E-state index in [-0.39, 0.29) is 5.92 Å². The van der Waals surface area contributed by atoms with Gasteiger partial charge in [-0.1, -0.05) is 25.7 Å². The van der Waals surface area contributed by atoms with E-state index >= 15 is 0 Å². The van der Waals surface area contributed by atoms with Crippen LogP contribution in [0.1, 0.15) is 51.4 Å². The summed E-state index contributed by atoms with van der Waals surface area (Å²) in [5.41, 5.74) is 0. The molecule has 0 atom stereocenters. The van der Waals surface area contributed by atoms with Gasteiger partial charge in [-0.05, 0) is 37.5 Å². The van der Waals surface area contributed by atoms with E-state index < -0.39 is 6.29 Å². The molecular formula is C12H22O2. The molecule has 2 rings (SSSR count). The molecule has 0 spiro atoms. The van der Waals surface area contributed by atoms with Crippen molar-refractivity contribution < 1.29 is 10.2 Å². The lowest BCUT2D eigenvalue weighted by atomic mass is 9.79. The molecule has 0 amide bonds. The monoisotopic (exact) mass is 198 g/mol. The standard InChI is InChI=1S/C12H22O2/c13-12(14)11(9-5-1-2-6-9)10-7-3-4-8-10/h9-14H,1-8H2. The predicted molar refractivity (Wildman–Crippen MR) is 55.6 cm³/mol. The smallest absolute Gasteiger partial charge is 0.154 e. The molecule has 2 N–H and O–H groups in total. The van der Waals surface area contributed by atoms with Gasteiger partial charge in [-0.3, -0.25) is 0 Å². The zero-order valence-electron chi connectivity index (χ0n) is 8.86. The largest absolute Gasteiger partial charge is 0.368 e. The van der Waals surface area contributed by atoms with Gasteiger partial charge in [0.1, 0.15) is 0 Å². The zero-order valence-corrected chi connectivity index (χ0v) is 8.86. The van der Waals surface area contributed by atoms with E-state index in [0.29, 0.717) is 11.8 Å². The van der Waals surface area contributed by atoms with Crippen LogP contribution in [0.5, 0.6) is 0 Å². The summed E-state index contributed by atoms with van der Waals surface area (Å²) in [5.74, 6) is 1.37. The molecule has 0 radical (unpaired) electrons. The molecule has 0 bridgehead atoms. The zero-order chi connectivity index (χ0) is 9.97. The normalized spacial score (nSPS) is 25.7. The average Bonchev–Trinajstić information content (AvgIpc) is 2.75. The average molecular weight is 198 g/mol. The van der Waals surface area contributed by atoms with E-state index in [4.69, 9.17) is 0 Å². The molecule has 82 valence electrons. The maximum absolute atomic E-state index is 9.49. The van der Waals surface area contributed by atoms with Crippen LogP contribution >= 0.6 is 0 Å². The summed E-state index contributed by atoms with van der Waals surface area (Å²) < 4.78 is 0. The van der Waals surface area contributed by atoms with Gasteiger partial charge in [0.25, 0.3) is 0 Å². The van der Waals surface area contributed by atoms with Gasteiger partial charge in [0.15, 0.2) is 6.29 Å². The van der Waals surface area contributed by atoms with Crippen LogP contribution in [0.25, 0.3) is 0 Å². The second-order valence-electron chi connectivity index (χ2n) is 5.08. The molecule has 14 heavy (non-hydrogen) atoms. The molecule has 0 aromatic carbocycles. The number of aliphatic hydroxyl groups excluding tert-OH is 1. The first kappa shape index (κ1) is 10.4. The summed E-state index contributed by atoms with van der Waals surface area (Å²) in [6.45, 7) is 0. The lowest BCUT2D eigenvalue weighted by Gasteiger charge is -2.30. The molecule has 2 heteroatoms. The molecule has 0 aliphatic heterocycles. The Morgan fingerprint density at radius 1 is 0.714 bits per heavy atom. The van der Waals surface area contributed by atoms with E-state index in [0.717, 1.165) is 0 Å². The summed E-state index contributed by atoms with van der Waals surface area (Å²) in [6.07, 6.45) is 8.98. The third-order valence-corrected chi connectivity index (χ3v) is 4.23. The number of hydrogen-bond acceptors (Lipinski definition) is 2. The summed E-state index contributed by atoms with van der Waals surface area (Å²) in [7, 11) is 0. The second-order valence-corrected chi connectivity index (χ2v) is 5.08. The Hall–Kier alpha value is -0.0800. The first-order chi connectivity index (χ1) is 6.79. The fraction of sp³-hybridized carbons (Fsp3) is 1.00. The molecule has 2 nitrogen and oxygen atoms in total. The van der Waals surface area contributed by atoms with Crippen molar-refractivity contribution in [3.8, 4) is 0 Å². The van der Waals surface area contributed by atoms with Gasteiger partial charge in [0, 0.05) is 5.92 Å². The first-order valence-corrected chi connectivity index (χ1v) is 6.15. The molecule has 0 saturated heterocycles. The highest BCUT2D eigenvalue weighted by molar-refractivity contribution is 4.84. The molecular weight excluding hydrogens is 176 g/mol. The first-order valence-electron chi connectivity index (χ1n) is 6.15. The SMILES string of the molecule is OC(O)C(C1CCCC1)C1CCCC1. The summed E-state index contributed by atoms with van der Waals surface area (Å²) in [6, 6.07) is 0. The molecule has 2 aliphatic carbocycles. The van der Waals surface area contributed by atoms with Crippen molar-refractivity contribution in [2.75, 3.05) is 0 Å². The molecule has 0 aromatic rings. The minimum atomic E-state index is -1.07. The van der Waals surface area contributed by atoms with Gasteiger partial charge >= 0.3 is 0 Å². The van der Waals surface area contributed by atoms with Crippen LogP contribution < -0.4 is 0 Å². The topological polar surface area (TPSA) is 40.5 Å². The van der Waals surface area contributed by atoms with Crippen molar-refractivity contribution in [3.63, 3.8) is 0 Å². The number of aliphatic hydroxyl groups is 2. The number of hydrogen-bond donors (Lipinski definition) is 2. The minimum Gasteiger partial charge on any atom is -0.368 e. The maximum atomic E-state index is 9.49. The third-order valence-electron chi connectivity index (χ3n) is 4.23. The maximum Gasteiger partial charge on any atom is 0.154 e. The summed E-state index contributed by atoms with van der Waals surface area (Å²) >= 11 is 0. The molecule has 0 unspecified atom stereocenters. The van der Waals surface area contributed by atoms with E-state index in [1.165, 1.54) is 51.4 Å². The Labute approximate surface area is 86.3 Å². The molecule has 2 aliphatic rings. The van der Waals surface area contributed by atoms with E-state index in [1.54, 1.807) is 0 Å². The van der Waals surface area contributed by atoms with Crippen LogP contribution in [0.4, 0.5) is 0 Å². The van der Waals surface area contributed by atoms with Gasteiger partial charge < -0.3 is 10.2 Å². The molecule has 0 heterocycles.